The van der Waals surface area contributed by atoms with Crippen molar-refractivity contribution in [2.75, 3.05) is 13.2 Å². The maximum atomic E-state index is 12.9. The van der Waals surface area contributed by atoms with Crippen LogP contribution in [0.2, 0.25) is 0 Å². The highest BCUT2D eigenvalue weighted by Crippen LogP contribution is 2.19. The summed E-state index contributed by atoms with van der Waals surface area (Å²) in [6.45, 7) is 6.69. The van der Waals surface area contributed by atoms with Gasteiger partial charge in [0.2, 0.25) is 0 Å². The van der Waals surface area contributed by atoms with Crippen molar-refractivity contribution in [3.63, 3.8) is 0 Å². The van der Waals surface area contributed by atoms with Crippen molar-refractivity contribution in [3.05, 3.63) is 36.5 Å². The van der Waals surface area contributed by atoms with E-state index in [1.54, 1.807) is 0 Å². The minimum atomic E-state index is -0.777. The average molecular weight is 1170 g/mol. The first kappa shape index (κ1) is 80.6. The Hall–Kier alpha value is -2.37. The number of esters is 3. The van der Waals surface area contributed by atoms with Crippen LogP contribution in [0, 0.1) is 0 Å². The Labute approximate surface area is 518 Å². The smallest absolute Gasteiger partial charge is 0.306 e. The number of hydrogen-bond acceptors (Lipinski definition) is 6. The van der Waals surface area contributed by atoms with Gasteiger partial charge in [-0.1, -0.05) is 378 Å². The van der Waals surface area contributed by atoms with Crippen LogP contribution in [0.15, 0.2) is 36.5 Å². The van der Waals surface area contributed by atoms with Crippen LogP contribution >= 0.6 is 0 Å². The van der Waals surface area contributed by atoms with E-state index in [0.29, 0.717) is 19.3 Å². The van der Waals surface area contributed by atoms with Crippen molar-refractivity contribution >= 4 is 17.9 Å². The van der Waals surface area contributed by atoms with E-state index in [2.05, 4.69) is 57.2 Å². The van der Waals surface area contributed by atoms with Gasteiger partial charge in [-0.3, -0.25) is 14.4 Å². The van der Waals surface area contributed by atoms with Crippen molar-refractivity contribution in [1.82, 2.24) is 0 Å². The fraction of sp³-hybridized carbons (Fsp3) is 0.883. The van der Waals surface area contributed by atoms with Crippen LogP contribution in [-0.2, 0) is 28.6 Å². The number of allylic oxidation sites excluding steroid dienone is 6. The summed E-state index contributed by atoms with van der Waals surface area (Å²) < 4.78 is 17.0. The third-order valence-corrected chi connectivity index (χ3v) is 17.1. The molecule has 0 aliphatic rings. The first-order valence-corrected chi connectivity index (χ1v) is 37.5. The molecular formula is C77H144O6. The molecule has 0 heterocycles. The van der Waals surface area contributed by atoms with Gasteiger partial charge in [-0.05, 0) is 57.8 Å². The molecular weight excluding hydrogens is 1020 g/mol. The van der Waals surface area contributed by atoms with Crippen LogP contribution in [0.4, 0.5) is 0 Å². The second-order valence-electron chi connectivity index (χ2n) is 25.6. The van der Waals surface area contributed by atoms with Gasteiger partial charge in [0, 0.05) is 19.3 Å². The molecule has 0 spiro atoms. The molecule has 0 aliphatic heterocycles. The summed E-state index contributed by atoms with van der Waals surface area (Å²) in [5, 5.41) is 0. The molecule has 0 radical (unpaired) electrons. The third-order valence-electron chi connectivity index (χ3n) is 17.1. The zero-order valence-corrected chi connectivity index (χ0v) is 56.2. The molecule has 0 amide bonds. The molecule has 1 unspecified atom stereocenters. The second kappa shape index (κ2) is 72.1. The summed E-state index contributed by atoms with van der Waals surface area (Å²) in [7, 11) is 0. The van der Waals surface area contributed by atoms with Crippen LogP contribution in [0.25, 0.3) is 0 Å². The van der Waals surface area contributed by atoms with E-state index < -0.39 is 6.10 Å². The summed E-state index contributed by atoms with van der Waals surface area (Å²) in [4.78, 5) is 38.4. The van der Waals surface area contributed by atoms with E-state index >= 15 is 0 Å². The Kier molecular flexibility index (Phi) is 70.0. The molecule has 488 valence electrons. The van der Waals surface area contributed by atoms with Crippen LogP contribution in [-0.4, -0.2) is 37.2 Å². The Morgan fingerprint density at radius 3 is 0.675 bits per heavy atom. The highest BCUT2D eigenvalue weighted by Gasteiger charge is 2.20. The number of hydrogen-bond donors (Lipinski definition) is 0. The first-order valence-electron chi connectivity index (χ1n) is 37.5. The number of ether oxygens (including phenoxy) is 3. The average Bonchev–Trinajstić information content (AvgIpc) is 3.48. The van der Waals surface area contributed by atoms with E-state index in [1.165, 1.54) is 302 Å². The number of rotatable bonds is 70. The van der Waals surface area contributed by atoms with Crippen LogP contribution in [0.1, 0.15) is 419 Å². The van der Waals surface area contributed by atoms with Gasteiger partial charge in [-0.25, -0.2) is 0 Å². The SMILES string of the molecule is CCCCCCC/C=C\C/C=C\C/C=C\CCCCCCCCC(=O)OC(COC(=O)CCCCCCCCCCCCC)COC(=O)CCCCCCCCCCCCCCCCCCCCCCCCCCCCCCCCCCC. The number of carbonyl (C=O) groups is 3. The molecule has 0 aromatic carbocycles. The van der Waals surface area contributed by atoms with Crippen LogP contribution in [0.5, 0.6) is 0 Å². The van der Waals surface area contributed by atoms with Crippen molar-refractivity contribution in [2.24, 2.45) is 0 Å². The molecule has 1 atom stereocenters. The van der Waals surface area contributed by atoms with Gasteiger partial charge in [-0.15, -0.1) is 0 Å². The normalized spacial score (nSPS) is 12.2. The van der Waals surface area contributed by atoms with E-state index in [1.807, 2.05) is 0 Å². The lowest BCUT2D eigenvalue weighted by molar-refractivity contribution is -0.167. The van der Waals surface area contributed by atoms with Gasteiger partial charge >= 0.3 is 17.9 Å². The molecule has 83 heavy (non-hydrogen) atoms. The molecule has 0 N–H and O–H groups in total. The summed E-state index contributed by atoms with van der Waals surface area (Å²) in [6.07, 6.45) is 90.7. The van der Waals surface area contributed by atoms with E-state index in [4.69, 9.17) is 14.2 Å². The lowest BCUT2D eigenvalue weighted by Gasteiger charge is -2.18. The van der Waals surface area contributed by atoms with Gasteiger partial charge in [-0.2, -0.15) is 0 Å². The summed E-state index contributed by atoms with van der Waals surface area (Å²) in [5.74, 6) is -0.857. The molecule has 6 heteroatoms. The van der Waals surface area contributed by atoms with Crippen LogP contribution in [0.3, 0.4) is 0 Å². The zero-order chi connectivity index (χ0) is 59.9. The van der Waals surface area contributed by atoms with Gasteiger partial charge in [0.1, 0.15) is 13.2 Å². The van der Waals surface area contributed by atoms with Crippen molar-refractivity contribution in [2.45, 2.75) is 425 Å². The quantitative estimate of drug-likeness (QED) is 0.0261. The molecule has 0 saturated heterocycles. The maximum absolute atomic E-state index is 12.9. The third kappa shape index (κ3) is 70.3. The highest BCUT2D eigenvalue weighted by molar-refractivity contribution is 5.71. The fourth-order valence-corrected chi connectivity index (χ4v) is 11.5. The Balaban J connectivity index is 4.09. The van der Waals surface area contributed by atoms with E-state index in [9.17, 15) is 14.4 Å². The van der Waals surface area contributed by atoms with E-state index in [0.717, 1.165) is 77.0 Å². The number of carbonyl (C=O) groups excluding carboxylic acids is 3. The zero-order valence-electron chi connectivity index (χ0n) is 56.2. The fourth-order valence-electron chi connectivity index (χ4n) is 11.5. The molecule has 0 aromatic rings. The van der Waals surface area contributed by atoms with Gasteiger partial charge in [0.15, 0.2) is 6.10 Å². The Morgan fingerprint density at radius 2 is 0.434 bits per heavy atom. The number of unbranched alkanes of at least 4 members (excludes halogenated alkanes) is 53. The minimum Gasteiger partial charge on any atom is -0.462 e. The molecule has 0 rings (SSSR count). The highest BCUT2D eigenvalue weighted by atomic mass is 16.6. The molecule has 6 nitrogen and oxygen atoms in total. The standard InChI is InChI=1S/C77H144O6/c1-4-7-10-13-16-19-22-24-26-28-30-32-33-34-35-36-37-38-39-40-41-42-43-45-46-48-50-52-55-58-61-64-67-70-76(79)82-73-74(72-81-75(78)69-66-63-60-57-54-21-18-15-12-9-6-3)83-77(80)71-68-65-62-59-56-53-51-49-47-44-31-29-27-25-23-20-17-14-11-8-5-2/h23,25,29,31,47,49,74H,4-22,24,26-28,30,32-46,48,50-73H2,1-3H3/b25-23-,31-29-,49-47-. The molecule has 0 fully saturated rings. The molecule has 0 aromatic heterocycles. The molecule has 0 bridgehead atoms. The van der Waals surface area contributed by atoms with Crippen molar-refractivity contribution < 1.29 is 28.6 Å². The summed E-state index contributed by atoms with van der Waals surface area (Å²) in [5.41, 5.74) is 0. The second-order valence-corrected chi connectivity index (χ2v) is 25.6. The lowest BCUT2D eigenvalue weighted by atomic mass is 10.0. The lowest BCUT2D eigenvalue weighted by Crippen LogP contribution is -2.30. The molecule has 0 saturated carbocycles. The summed E-state index contributed by atoms with van der Waals surface area (Å²) >= 11 is 0. The minimum absolute atomic E-state index is 0.0721. The topological polar surface area (TPSA) is 78.9 Å². The summed E-state index contributed by atoms with van der Waals surface area (Å²) in [6, 6.07) is 0. The molecule has 0 aliphatic carbocycles. The Bertz CT molecular complexity index is 1380. The Morgan fingerprint density at radius 1 is 0.241 bits per heavy atom. The predicted octanol–water partition coefficient (Wildman–Crippen LogP) is 25.9. The van der Waals surface area contributed by atoms with Crippen LogP contribution < -0.4 is 0 Å². The maximum Gasteiger partial charge on any atom is 0.306 e. The largest absolute Gasteiger partial charge is 0.462 e. The predicted molar refractivity (Wildman–Crippen MR) is 362 cm³/mol. The van der Waals surface area contributed by atoms with Gasteiger partial charge < -0.3 is 14.2 Å². The van der Waals surface area contributed by atoms with Crippen molar-refractivity contribution in [3.8, 4) is 0 Å². The first-order chi connectivity index (χ1) is 41.0. The van der Waals surface area contributed by atoms with Gasteiger partial charge in [0.05, 0.1) is 0 Å². The van der Waals surface area contributed by atoms with E-state index in [-0.39, 0.29) is 31.1 Å². The van der Waals surface area contributed by atoms with Crippen molar-refractivity contribution in [1.29, 1.82) is 0 Å². The monoisotopic (exact) mass is 1170 g/mol. The van der Waals surface area contributed by atoms with Gasteiger partial charge in [0.25, 0.3) is 0 Å².